The van der Waals surface area contributed by atoms with Gasteiger partial charge < -0.3 is 4.74 Å². The predicted octanol–water partition coefficient (Wildman–Crippen LogP) is 4.60. The summed E-state index contributed by atoms with van der Waals surface area (Å²) in [5.74, 6) is -1.27. The van der Waals surface area contributed by atoms with E-state index in [4.69, 9.17) is 0 Å². The molecule has 0 aliphatic carbocycles. The van der Waals surface area contributed by atoms with Crippen LogP contribution in [-0.4, -0.2) is 25.2 Å². The van der Waals surface area contributed by atoms with Gasteiger partial charge in [-0.3, -0.25) is 9.69 Å². The summed E-state index contributed by atoms with van der Waals surface area (Å²) in [6.07, 6.45) is -1.72. The molecule has 2 aromatic carbocycles. The van der Waals surface area contributed by atoms with Gasteiger partial charge in [0.05, 0.1) is 24.1 Å². The number of para-hydroxylation sites is 1. The summed E-state index contributed by atoms with van der Waals surface area (Å²) < 4.78 is 44.0. The van der Waals surface area contributed by atoms with Gasteiger partial charge in [-0.25, -0.2) is 4.79 Å². The molecule has 0 spiro atoms. The summed E-state index contributed by atoms with van der Waals surface area (Å²) in [7, 11) is 1.16. The SMILES string of the molecule is COC(=O)/C=C1\c2cc(C(F)(F)F)ccc2C(=O)N1c1ccccc1SC. The minimum Gasteiger partial charge on any atom is -0.466 e. The Morgan fingerprint density at radius 2 is 1.85 bits per heavy atom. The highest BCUT2D eigenvalue weighted by molar-refractivity contribution is 7.98. The maximum absolute atomic E-state index is 13.1. The molecule has 0 fully saturated rings. The lowest BCUT2D eigenvalue weighted by Gasteiger charge is -2.21. The molecule has 0 radical (unpaired) electrons. The molecular formula is C19H14F3NO3S. The van der Waals surface area contributed by atoms with Crippen LogP contribution in [0.3, 0.4) is 0 Å². The number of benzene rings is 2. The Bertz CT molecular complexity index is 953. The van der Waals surface area contributed by atoms with Gasteiger partial charge in [0.1, 0.15) is 0 Å². The highest BCUT2D eigenvalue weighted by atomic mass is 32.2. The standard InChI is InChI=1S/C19H14F3NO3S/c1-26-17(24)10-15-13-9-11(19(20,21)22)7-8-12(13)18(25)23(15)14-5-3-4-6-16(14)27-2/h3-10H,1-2H3/b15-10+. The number of methoxy groups -OCH3 is 1. The first-order valence-electron chi connectivity index (χ1n) is 7.76. The summed E-state index contributed by atoms with van der Waals surface area (Å²) in [4.78, 5) is 26.8. The zero-order valence-corrected chi connectivity index (χ0v) is 15.1. The molecule has 8 heteroatoms. The van der Waals surface area contributed by atoms with Crippen molar-refractivity contribution in [2.24, 2.45) is 0 Å². The van der Waals surface area contributed by atoms with E-state index in [9.17, 15) is 22.8 Å². The number of rotatable bonds is 3. The lowest BCUT2D eigenvalue weighted by molar-refractivity contribution is -0.137. The van der Waals surface area contributed by atoms with Gasteiger partial charge in [0.2, 0.25) is 0 Å². The largest absolute Gasteiger partial charge is 0.466 e. The number of anilines is 1. The topological polar surface area (TPSA) is 46.6 Å². The van der Waals surface area contributed by atoms with Gasteiger partial charge in [-0.1, -0.05) is 12.1 Å². The molecule has 3 rings (SSSR count). The highest BCUT2D eigenvalue weighted by Gasteiger charge is 2.38. The number of fused-ring (bicyclic) bond motifs is 1. The second kappa shape index (κ2) is 7.11. The molecule has 1 aliphatic rings. The van der Waals surface area contributed by atoms with Crippen molar-refractivity contribution in [1.82, 2.24) is 0 Å². The van der Waals surface area contributed by atoms with Crippen LogP contribution >= 0.6 is 11.8 Å². The molecule has 0 N–H and O–H groups in total. The van der Waals surface area contributed by atoms with Crippen LogP contribution < -0.4 is 4.90 Å². The number of nitrogens with zero attached hydrogens (tertiary/aromatic N) is 1. The van der Waals surface area contributed by atoms with E-state index in [1.54, 1.807) is 24.3 Å². The Labute approximate surface area is 157 Å². The monoisotopic (exact) mass is 393 g/mol. The molecule has 140 valence electrons. The Balaban J connectivity index is 2.24. The average molecular weight is 393 g/mol. The van der Waals surface area contributed by atoms with E-state index < -0.39 is 23.6 Å². The number of carbonyl (C=O) groups is 2. The van der Waals surface area contributed by atoms with Crippen molar-refractivity contribution in [3.63, 3.8) is 0 Å². The first kappa shape index (κ1) is 19.0. The zero-order valence-electron chi connectivity index (χ0n) is 14.3. The van der Waals surface area contributed by atoms with Crippen molar-refractivity contribution in [3.05, 3.63) is 65.2 Å². The summed E-state index contributed by atoms with van der Waals surface area (Å²) in [5, 5.41) is 0. The van der Waals surface area contributed by atoms with Crippen molar-refractivity contribution in [1.29, 1.82) is 0 Å². The van der Waals surface area contributed by atoms with Gasteiger partial charge in [-0.05, 0) is 36.6 Å². The van der Waals surface area contributed by atoms with Crippen LogP contribution in [0.15, 0.2) is 53.4 Å². The maximum atomic E-state index is 13.1. The van der Waals surface area contributed by atoms with Gasteiger partial charge in [-0.2, -0.15) is 13.2 Å². The first-order chi connectivity index (χ1) is 12.8. The third kappa shape index (κ3) is 3.44. The Hall–Kier alpha value is -2.74. The second-order valence-electron chi connectivity index (χ2n) is 5.62. The summed E-state index contributed by atoms with van der Waals surface area (Å²) in [6.45, 7) is 0. The number of thioether (sulfide) groups is 1. The molecule has 27 heavy (non-hydrogen) atoms. The zero-order chi connectivity index (χ0) is 19.8. The van der Waals surface area contributed by atoms with E-state index in [0.29, 0.717) is 5.69 Å². The lowest BCUT2D eigenvalue weighted by atomic mass is 10.0. The number of ether oxygens (including phenoxy) is 1. The second-order valence-corrected chi connectivity index (χ2v) is 6.47. The normalized spacial score (nSPS) is 15.2. The van der Waals surface area contributed by atoms with Crippen LogP contribution in [0, 0.1) is 0 Å². The molecule has 2 aromatic rings. The van der Waals surface area contributed by atoms with Crippen molar-refractivity contribution in [2.75, 3.05) is 18.3 Å². The Morgan fingerprint density at radius 3 is 2.48 bits per heavy atom. The van der Waals surface area contributed by atoms with E-state index in [-0.39, 0.29) is 16.8 Å². The average Bonchev–Trinajstić information content (AvgIpc) is 2.92. The summed E-state index contributed by atoms with van der Waals surface area (Å²) >= 11 is 1.38. The smallest absolute Gasteiger partial charge is 0.416 e. The van der Waals surface area contributed by atoms with Crippen molar-refractivity contribution < 1.29 is 27.5 Å². The number of hydrogen-bond acceptors (Lipinski definition) is 4. The summed E-state index contributed by atoms with van der Waals surface area (Å²) in [6, 6.07) is 9.82. The lowest BCUT2D eigenvalue weighted by Crippen LogP contribution is -2.23. The highest BCUT2D eigenvalue weighted by Crippen LogP contribution is 2.42. The first-order valence-corrected chi connectivity index (χ1v) is 8.99. The molecule has 1 amide bonds. The van der Waals surface area contributed by atoms with E-state index in [2.05, 4.69) is 4.74 Å². The van der Waals surface area contributed by atoms with Crippen LogP contribution in [0.5, 0.6) is 0 Å². The van der Waals surface area contributed by atoms with Crippen molar-refractivity contribution >= 4 is 35.0 Å². The molecule has 0 aromatic heterocycles. The number of halogens is 3. The van der Waals surface area contributed by atoms with E-state index in [1.165, 1.54) is 16.7 Å². The minimum absolute atomic E-state index is 0.0381. The fourth-order valence-corrected chi connectivity index (χ4v) is 3.42. The van der Waals surface area contributed by atoms with Gasteiger partial charge >= 0.3 is 12.1 Å². The van der Waals surface area contributed by atoms with Gasteiger partial charge in [0, 0.05) is 22.1 Å². The van der Waals surface area contributed by atoms with Gasteiger partial charge in [0.15, 0.2) is 0 Å². The number of esters is 1. The molecule has 0 saturated carbocycles. The van der Waals surface area contributed by atoms with Crippen LogP contribution in [0.2, 0.25) is 0 Å². The van der Waals surface area contributed by atoms with Crippen molar-refractivity contribution in [3.8, 4) is 0 Å². The number of alkyl halides is 3. The maximum Gasteiger partial charge on any atom is 0.416 e. The fourth-order valence-electron chi connectivity index (χ4n) is 2.84. The van der Waals surface area contributed by atoms with E-state index >= 15 is 0 Å². The van der Waals surface area contributed by atoms with Crippen LogP contribution in [0.25, 0.3) is 5.70 Å². The third-order valence-electron chi connectivity index (χ3n) is 4.08. The fraction of sp³-hybridized carbons (Fsp3) is 0.158. The van der Waals surface area contributed by atoms with Crippen molar-refractivity contribution in [2.45, 2.75) is 11.1 Å². The number of hydrogen-bond donors (Lipinski definition) is 0. The molecule has 1 aliphatic heterocycles. The molecule has 0 atom stereocenters. The van der Waals surface area contributed by atoms with Gasteiger partial charge in [0.25, 0.3) is 5.91 Å². The Kier molecular flexibility index (Phi) is 5.01. The van der Waals surface area contributed by atoms with Crippen LogP contribution in [-0.2, 0) is 15.7 Å². The molecule has 0 saturated heterocycles. The molecule has 0 bridgehead atoms. The van der Waals surface area contributed by atoms with Crippen LogP contribution in [0.1, 0.15) is 21.5 Å². The molecule has 1 heterocycles. The molecule has 4 nitrogen and oxygen atoms in total. The number of carbonyl (C=O) groups excluding carboxylic acids is 2. The molecule has 0 unspecified atom stereocenters. The Morgan fingerprint density at radius 1 is 1.15 bits per heavy atom. The minimum atomic E-state index is -4.57. The number of amides is 1. The predicted molar refractivity (Wildman–Crippen MR) is 96.5 cm³/mol. The summed E-state index contributed by atoms with van der Waals surface area (Å²) in [5.41, 5.74) is -0.237. The van der Waals surface area contributed by atoms with E-state index in [1.807, 2.05) is 6.26 Å². The van der Waals surface area contributed by atoms with Crippen LogP contribution in [0.4, 0.5) is 18.9 Å². The van der Waals surface area contributed by atoms with Gasteiger partial charge in [-0.15, -0.1) is 11.8 Å². The quantitative estimate of drug-likeness (QED) is 0.434. The third-order valence-corrected chi connectivity index (χ3v) is 4.86. The molecular weight excluding hydrogens is 379 g/mol. The van der Waals surface area contributed by atoms with E-state index in [0.717, 1.165) is 36.3 Å².